The zero-order valence-electron chi connectivity index (χ0n) is 7.29. The van der Waals surface area contributed by atoms with E-state index in [0.29, 0.717) is 12.1 Å². The second-order valence-corrected chi connectivity index (χ2v) is 4.05. The predicted octanol–water partition coefficient (Wildman–Crippen LogP) is 0.790. The van der Waals surface area contributed by atoms with Gasteiger partial charge in [-0.25, -0.2) is 0 Å². The summed E-state index contributed by atoms with van der Waals surface area (Å²) in [5, 5.41) is 0. The number of quaternary nitrogens is 1. The first-order valence-corrected chi connectivity index (χ1v) is 4.29. The molecule has 2 heterocycles. The van der Waals surface area contributed by atoms with Crippen LogP contribution in [0.2, 0.25) is 0 Å². The van der Waals surface area contributed by atoms with E-state index in [2.05, 4.69) is 26.2 Å². The molecule has 11 heavy (non-hydrogen) atoms. The molecule has 2 aliphatic rings. The highest BCUT2D eigenvalue weighted by Gasteiger charge is 2.40. The fourth-order valence-corrected chi connectivity index (χ4v) is 1.99. The largest absolute Gasteiger partial charge is 0.369 e. The Hall–Kier alpha value is -0.340. The van der Waals surface area contributed by atoms with Crippen molar-refractivity contribution in [3.63, 3.8) is 0 Å². The fraction of sp³-hybridized carbons (Fsp3) is 0.778. The molecule has 2 nitrogen and oxygen atoms in total. The summed E-state index contributed by atoms with van der Waals surface area (Å²) in [5.74, 6) is 0. The van der Waals surface area contributed by atoms with Gasteiger partial charge < -0.3 is 9.22 Å². The number of hydrogen-bond acceptors (Lipinski definition) is 1. The first-order chi connectivity index (χ1) is 5.21. The van der Waals surface area contributed by atoms with Crippen LogP contribution in [0.3, 0.4) is 0 Å². The Labute approximate surface area is 68.0 Å². The zero-order valence-corrected chi connectivity index (χ0v) is 7.29. The van der Waals surface area contributed by atoms with Crippen LogP contribution in [0.4, 0.5) is 0 Å². The monoisotopic (exact) mass is 154 g/mol. The summed E-state index contributed by atoms with van der Waals surface area (Å²) in [7, 11) is 4.61. The van der Waals surface area contributed by atoms with Crippen LogP contribution >= 0.6 is 0 Å². The van der Waals surface area contributed by atoms with Crippen molar-refractivity contribution in [2.75, 3.05) is 27.3 Å². The van der Waals surface area contributed by atoms with Gasteiger partial charge in [-0.2, -0.15) is 0 Å². The van der Waals surface area contributed by atoms with Crippen LogP contribution in [0.25, 0.3) is 0 Å². The van der Waals surface area contributed by atoms with Crippen LogP contribution in [0.5, 0.6) is 0 Å². The number of nitrogens with zero attached hydrogens (tertiary/aromatic N) is 1. The highest BCUT2D eigenvalue weighted by atomic mass is 16.5. The Kier molecular flexibility index (Phi) is 1.55. The summed E-state index contributed by atoms with van der Waals surface area (Å²) in [6, 6.07) is 1.29. The second kappa shape index (κ2) is 2.32. The van der Waals surface area contributed by atoms with Crippen LogP contribution in [0.1, 0.15) is 6.42 Å². The van der Waals surface area contributed by atoms with Crippen molar-refractivity contribution in [3.05, 3.63) is 12.2 Å². The number of fused-ring (bicyclic) bond motifs is 2. The molecule has 1 fully saturated rings. The molecule has 2 aliphatic heterocycles. The molecule has 0 aromatic carbocycles. The van der Waals surface area contributed by atoms with E-state index in [1.807, 2.05) is 0 Å². The quantitative estimate of drug-likeness (QED) is 0.370. The van der Waals surface area contributed by atoms with Crippen LogP contribution in [0.15, 0.2) is 12.2 Å². The van der Waals surface area contributed by atoms with Crippen LogP contribution in [-0.4, -0.2) is 43.9 Å². The van der Waals surface area contributed by atoms with Crippen molar-refractivity contribution in [1.82, 2.24) is 0 Å². The molecule has 0 aliphatic carbocycles. The smallest absolute Gasteiger partial charge is 0.131 e. The lowest BCUT2D eigenvalue weighted by Gasteiger charge is -2.48. The Balaban J connectivity index is 2.28. The summed E-state index contributed by atoms with van der Waals surface area (Å²) < 4.78 is 6.63. The molecule has 0 N–H and O–H groups in total. The standard InChI is InChI=1S/C9H16NO/c1-10(2)8-4-3-5-9(10)7-11-6-8/h3-4,8-9H,5-7H2,1-2H3/q+1/t8-,9-/m0/s1. The van der Waals surface area contributed by atoms with Crippen molar-refractivity contribution in [3.8, 4) is 0 Å². The minimum absolute atomic E-state index is 0.600. The molecular formula is C9H16NO+. The van der Waals surface area contributed by atoms with E-state index >= 15 is 0 Å². The highest BCUT2D eigenvalue weighted by Crippen LogP contribution is 2.26. The van der Waals surface area contributed by atoms with Gasteiger partial charge in [-0.1, -0.05) is 6.08 Å². The van der Waals surface area contributed by atoms with E-state index < -0.39 is 0 Å². The molecule has 0 radical (unpaired) electrons. The topological polar surface area (TPSA) is 9.23 Å². The molecule has 0 saturated carbocycles. The van der Waals surface area contributed by atoms with Crippen LogP contribution in [0, 0.1) is 0 Å². The number of ether oxygens (including phenoxy) is 1. The normalized spacial score (nSPS) is 40.5. The maximum absolute atomic E-state index is 5.51. The van der Waals surface area contributed by atoms with Crippen molar-refractivity contribution >= 4 is 0 Å². The lowest BCUT2D eigenvalue weighted by atomic mass is 9.99. The minimum atomic E-state index is 0.600. The minimum Gasteiger partial charge on any atom is -0.369 e. The summed E-state index contributed by atoms with van der Waals surface area (Å²) in [6.45, 7) is 1.84. The van der Waals surface area contributed by atoms with Gasteiger partial charge in [-0.3, -0.25) is 0 Å². The first kappa shape index (κ1) is 7.32. The average Bonchev–Trinajstić information content (AvgIpc) is 1.82. The van der Waals surface area contributed by atoms with Gasteiger partial charge in [0.2, 0.25) is 0 Å². The van der Waals surface area contributed by atoms with Crippen molar-refractivity contribution < 1.29 is 9.22 Å². The molecule has 1 saturated heterocycles. The number of morpholine rings is 1. The van der Waals surface area contributed by atoms with Gasteiger partial charge in [0.25, 0.3) is 0 Å². The van der Waals surface area contributed by atoms with E-state index in [4.69, 9.17) is 4.74 Å². The first-order valence-electron chi connectivity index (χ1n) is 4.29. The predicted molar refractivity (Wildman–Crippen MR) is 44.3 cm³/mol. The maximum Gasteiger partial charge on any atom is 0.131 e. The Morgan fingerprint density at radius 2 is 2.18 bits per heavy atom. The lowest BCUT2D eigenvalue weighted by molar-refractivity contribution is -0.942. The number of rotatable bonds is 0. The molecule has 0 spiro atoms. The SMILES string of the molecule is C[N+]1(C)[C@H]2CC=C[C@H]1COC2. The Morgan fingerprint density at radius 3 is 2.82 bits per heavy atom. The Bertz CT molecular complexity index is 186. The summed E-state index contributed by atoms with van der Waals surface area (Å²) in [5.41, 5.74) is 0. The molecular weight excluding hydrogens is 138 g/mol. The average molecular weight is 154 g/mol. The van der Waals surface area contributed by atoms with Gasteiger partial charge in [-0.05, 0) is 6.08 Å². The molecule has 2 heteroatoms. The number of hydrogen-bond donors (Lipinski definition) is 0. The third-order valence-corrected chi connectivity index (χ3v) is 3.16. The second-order valence-electron chi connectivity index (χ2n) is 4.05. The van der Waals surface area contributed by atoms with E-state index in [-0.39, 0.29) is 0 Å². The van der Waals surface area contributed by atoms with Gasteiger partial charge in [-0.15, -0.1) is 0 Å². The van der Waals surface area contributed by atoms with E-state index in [1.54, 1.807) is 0 Å². The van der Waals surface area contributed by atoms with Crippen molar-refractivity contribution in [1.29, 1.82) is 0 Å². The van der Waals surface area contributed by atoms with Gasteiger partial charge in [0.15, 0.2) is 0 Å². The van der Waals surface area contributed by atoms with Gasteiger partial charge >= 0.3 is 0 Å². The highest BCUT2D eigenvalue weighted by molar-refractivity contribution is 4.98. The third kappa shape index (κ3) is 1.01. The molecule has 62 valence electrons. The molecule has 2 rings (SSSR count). The molecule has 0 amide bonds. The van der Waals surface area contributed by atoms with Crippen molar-refractivity contribution in [2.24, 2.45) is 0 Å². The van der Waals surface area contributed by atoms with Crippen molar-refractivity contribution in [2.45, 2.75) is 18.5 Å². The number of likely N-dealkylation sites (N-methyl/N-ethyl adjacent to an activating group) is 1. The maximum atomic E-state index is 5.51. The molecule has 2 atom stereocenters. The molecule has 0 unspecified atom stereocenters. The Morgan fingerprint density at radius 1 is 1.36 bits per heavy atom. The van der Waals surface area contributed by atoms with E-state index in [1.165, 1.54) is 6.42 Å². The third-order valence-electron chi connectivity index (χ3n) is 3.16. The zero-order chi connectivity index (χ0) is 7.90. The summed E-state index contributed by atoms with van der Waals surface area (Å²) >= 11 is 0. The van der Waals surface area contributed by atoms with E-state index in [9.17, 15) is 0 Å². The van der Waals surface area contributed by atoms with Gasteiger partial charge in [0, 0.05) is 6.42 Å². The van der Waals surface area contributed by atoms with Gasteiger partial charge in [0.05, 0.1) is 20.7 Å². The van der Waals surface area contributed by atoms with Crippen LogP contribution < -0.4 is 0 Å². The van der Waals surface area contributed by atoms with Crippen LogP contribution in [-0.2, 0) is 4.74 Å². The van der Waals surface area contributed by atoms with E-state index in [0.717, 1.165) is 17.7 Å². The lowest BCUT2D eigenvalue weighted by Crippen LogP contribution is -2.63. The summed E-state index contributed by atoms with van der Waals surface area (Å²) in [6.07, 6.45) is 5.79. The molecule has 2 bridgehead atoms. The van der Waals surface area contributed by atoms with Gasteiger partial charge in [0.1, 0.15) is 18.7 Å². The molecule has 0 aromatic rings. The fourth-order valence-electron chi connectivity index (χ4n) is 1.99. The summed E-state index contributed by atoms with van der Waals surface area (Å²) in [4.78, 5) is 0. The molecule has 0 aromatic heterocycles.